The fourth-order valence-corrected chi connectivity index (χ4v) is 12.1. The van der Waals surface area contributed by atoms with Gasteiger partial charge in [0.1, 0.15) is 0 Å². The topological polar surface area (TPSA) is 3.24 Å². The molecule has 0 aliphatic heterocycles. The third kappa shape index (κ3) is 7.28. The molecular weight excluding hydrogens is 509 g/mol. The van der Waals surface area contributed by atoms with Crippen molar-refractivity contribution in [1.82, 2.24) is 4.90 Å². The molecule has 0 spiro atoms. The van der Waals surface area contributed by atoms with Crippen molar-refractivity contribution < 1.29 is 0 Å². The van der Waals surface area contributed by atoms with E-state index in [2.05, 4.69) is 168 Å². The van der Waals surface area contributed by atoms with E-state index in [1.54, 1.807) is 0 Å². The van der Waals surface area contributed by atoms with Gasteiger partial charge < -0.3 is 0 Å². The van der Waals surface area contributed by atoms with Gasteiger partial charge in [-0.15, -0.1) is 0 Å². The van der Waals surface area contributed by atoms with Gasteiger partial charge in [0, 0.05) is 0 Å². The first kappa shape index (κ1) is 27.4. The van der Waals surface area contributed by atoms with Gasteiger partial charge in [0.25, 0.3) is 0 Å². The van der Waals surface area contributed by atoms with Crippen molar-refractivity contribution in [1.29, 1.82) is 0 Å². The fourth-order valence-electron chi connectivity index (χ4n) is 5.52. The zero-order chi connectivity index (χ0) is 26.6. The van der Waals surface area contributed by atoms with Gasteiger partial charge in [-0.2, -0.15) is 0 Å². The van der Waals surface area contributed by atoms with Gasteiger partial charge in [0.05, 0.1) is 0 Å². The molecule has 0 heterocycles. The van der Waals surface area contributed by atoms with E-state index < -0.39 is 7.26 Å². The number of hydrogen-bond acceptors (Lipinski definition) is 2. The molecule has 0 radical (unpaired) electrons. The van der Waals surface area contributed by atoms with E-state index in [0.717, 1.165) is 31.1 Å². The van der Waals surface area contributed by atoms with Crippen LogP contribution in [0.25, 0.3) is 0 Å². The summed E-state index contributed by atoms with van der Waals surface area (Å²) in [4.78, 5) is 2.59. The van der Waals surface area contributed by atoms with Crippen LogP contribution in [0.2, 0.25) is 0 Å². The van der Waals surface area contributed by atoms with Crippen LogP contribution in [0.3, 0.4) is 0 Å². The zero-order valence-electron chi connectivity index (χ0n) is 22.5. The Labute approximate surface area is 239 Å². The van der Waals surface area contributed by atoms with Gasteiger partial charge in [0.2, 0.25) is 0 Å². The molecule has 3 heteroatoms. The maximum absolute atomic E-state index is 2.59. The Balaban J connectivity index is 1.31. The molecule has 5 aromatic carbocycles. The number of thioether (sulfide) groups is 1. The Bertz CT molecular complexity index is 1220. The molecule has 0 unspecified atom stereocenters. The van der Waals surface area contributed by atoms with Crippen LogP contribution >= 0.6 is 19.0 Å². The Morgan fingerprint density at radius 2 is 0.795 bits per heavy atom. The summed E-state index contributed by atoms with van der Waals surface area (Å²) in [5, 5.41) is 4.49. The summed E-state index contributed by atoms with van der Waals surface area (Å²) in [6, 6.07) is 55.6. The molecule has 5 rings (SSSR count). The average molecular weight is 548 g/mol. The third-order valence-corrected chi connectivity index (χ3v) is 13.8. The first-order chi connectivity index (χ1) is 19.3. The molecule has 5 aromatic rings. The SMILES string of the molecule is c1ccc(CN(CCSCC[PH](c2ccccc2)(c2ccccc2)c2ccccc2)Cc2ccccc2)cc1. The van der Waals surface area contributed by atoms with Crippen LogP contribution in [-0.4, -0.2) is 29.1 Å². The van der Waals surface area contributed by atoms with E-state index in [0.29, 0.717) is 0 Å². The van der Waals surface area contributed by atoms with E-state index in [4.69, 9.17) is 0 Å². The molecule has 0 bridgehead atoms. The Hall–Kier alpha value is -3.16. The molecule has 0 aliphatic rings. The normalized spacial score (nSPS) is 11.9. The molecule has 1 nitrogen and oxygen atoms in total. The van der Waals surface area contributed by atoms with Crippen molar-refractivity contribution in [3.05, 3.63) is 163 Å². The molecule has 0 N–H and O–H groups in total. The standard InChI is InChI=1S/C36H38NPS/c1-6-16-32(17-7-1)30-37(31-33-18-8-2-9-19-33)26-28-39-29-27-38(34-20-10-3-11-21-34,35-22-12-4-13-23-35)36-24-14-5-15-25-36/h1-25,38H,26-31H2. The molecule has 0 amide bonds. The molecule has 0 atom stereocenters. The van der Waals surface area contributed by atoms with Gasteiger partial charge in [-0.1, -0.05) is 0 Å². The van der Waals surface area contributed by atoms with Crippen LogP contribution in [0, 0.1) is 0 Å². The maximum atomic E-state index is 2.59. The van der Waals surface area contributed by atoms with Gasteiger partial charge in [0.15, 0.2) is 0 Å². The van der Waals surface area contributed by atoms with Gasteiger partial charge in [-0.25, -0.2) is 0 Å². The van der Waals surface area contributed by atoms with E-state index >= 15 is 0 Å². The van der Waals surface area contributed by atoms with Crippen LogP contribution in [0.4, 0.5) is 0 Å². The summed E-state index contributed by atoms with van der Waals surface area (Å²) in [6.07, 6.45) is 1.19. The van der Waals surface area contributed by atoms with E-state index in [-0.39, 0.29) is 0 Å². The first-order valence-electron chi connectivity index (χ1n) is 13.9. The van der Waals surface area contributed by atoms with E-state index in [1.165, 1.54) is 33.2 Å². The second-order valence-electron chi connectivity index (χ2n) is 10.0. The van der Waals surface area contributed by atoms with E-state index in [9.17, 15) is 0 Å². The molecule has 0 saturated carbocycles. The van der Waals surface area contributed by atoms with E-state index in [1.807, 2.05) is 0 Å². The zero-order valence-corrected chi connectivity index (χ0v) is 24.3. The van der Waals surface area contributed by atoms with Gasteiger partial charge in [-0.3, -0.25) is 0 Å². The number of hydrogen-bond donors (Lipinski definition) is 0. The Morgan fingerprint density at radius 1 is 0.436 bits per heavy atom. The van der Waals surface area contributed by atoms with Crippen molar-refractivity contribution in [2.24, 2.45) is 0 Å². The predicted molar refractivity (Wildman–Crippen MR) is 176 cm³/mol. The first-order valence-corrected chi connectivity index (χ1v) is 17.3. The second-order valence-corrected chi connectivity index (χ2v) is 15.3. The second kappa shape index (κ2) is 14.3. The minimum absolute atomic E-state index is 0.979. The molecule has 0 saturated heterocycles. The van der Waals surface area contributed by atoms with Crippen molar-refractivity contribution >= 4 is 34.9 Å². The molecule has 198 valence electrons. The molecular formula is C36H38NPS. The summed E-state index contributed by atoms with van der Waals surface area (Å²) < 4.78 is 0. The molecule has 0 aliphatic carbocycles. The Morgan fingerprint density at radius 3 is 1.18 bits per heavy atom. The van der Waals surface area contributed by atoms with Crippen LogP contribution in [0.1, 0.15) is 11.1 Å². The Kier molecular flexibility index (Phi) is 10.0. The fraction of sp³-hybridized carbons (Fsp3) is 0.167. The van der Waals surface area contributed by atoms with Crippen molar-refractivity contribution in [3.63, 3.8) is 0 Å². The summed E-state index contributed by atoms with van der Waals surface area (Å²) in [5.74, 6) is 2.28. The van der Waals surface area contributed by atoms with Crippen LogP contribution in [0.5, 0.6) is 0 Å². The van der Waals surface area contributed by atoms with Crippen LogP contribution in [0.15, 0.2) is 152 Å². The minimum atomic E-state index is -2.16. The number of nitrogens with zero attached hydrogens (tertiary/aromatic N) is 1. The molecule has 0 fully saturated rings. The molecule has 0 aromatic heterocycles. The number of benzene rings is 5. The van der Waals surface area contributed by atoms with Crippen LogP contribution < -0.4 is 15.9 Å². The van der Waals surface area contributed by atoms with Gasteiger partial charge in [-0.05, 0) is 0 Å². The summed E-state index contributed by atoms with van der Waals surface area (Å²) in [5.41, 5.74) is 2.75. The number of rotatable bonds is 13. The van der Waals surface area contributed by atoms with Gasteiger partial charge >= 0.3 is 240 Å². The monoisotopic (exact) mass is 547 g/mol. The third-order valence-electron chi connectivity index (χ3n) is 7.47. The molecule has 39 heavy (non-hydrogen) atoms. The van der Waals surface area contributed by atoms with Crippen molar-refractivity contribution in [2.45, 2.75) is 13.1 Å². The predicted octanol–water partition coefficient (Wildman–Crippen LogP) is 7.15. The summed E-state index contributed by atoms with van der Waals surface area (Å²) in [6.45, 7) is 3.03. The van der Waals surface area contributed by atoms with Crippen molar-refractivity contribution in [3.8, 4) is 0 Å². The summed E-state index contributed by atoms with van der Waals surface area (Å²) in [7, 11) is -2.16. The van der Waals surface area contributed by atoms with Crippen molar-refractivity contribution in [2.75, 3.05) is 24.2 Å². The van der Waals surface area contributed by atoms with Crippen LogP contribution in [-0.2, 0) is 13.1 Å². The summed E-state index contributed by atoms with van der Waals surface area (Å²) >= 11 is 2.11. The average Bonchev–Trinajstić information content (AvgIpc) is 3.01. The quantitative estimate of drug-likeness (QED) is 0.114.